The number of carbonyl (C=O) groups is 1. The largest absolute Gasteiger partial charge is 0.496 e. The number of amides is 1. The summed E-state index contributed by atoms with van der Waals surface area (Å²) in [5, 5.41) is 0. The van der Waals surface area contributed by atoms with Crippen molar-refractivity contribution in [3.63, 3.8) is 0 Å². The van der Waals surface area contributed by atoms with Crippen molar-refractivity contribution in [2.24, 2.45) is 0 Å². The van der Waals surface area contributed by atoms with Crippen LogP contribution in [0.1, 0.15) is 28.8 Å². The monoisotopic (exact) mass is 423 g/mol. The first kappa shape index (κ1) is 21.5. The molecule has 4 rings (SSSR count). The molecule has 0 radical (unpaired) electrons. The highest BCUT2D eigenvalue weighted by atomic mass is 16.5. The zero-order chi connectivity index (χ0) is 21.8. The smallest absolute Gasteiger partial charge is 0.253 e. The van der Waals surface area contributed by atoms with Crippen molar-refractivity contribution in [2.45, 2.75) is 25.8 Å². The molecule has 2 aliphatic rings. The van der Waals surface area contributed by atoms with Gasteiger partial charge < -0.3 is 19.3 Å². The van der Waals surface area contributed by atoms with Gasteiger partial charge in [-0.2, -0.15) is 0 Å². The number of methoxy groups -OCH3 is 2. The van der Waals surface area contributed by atoms with Gasteiger partial charge in [0.25, 0.3) is 5.91 Å². The number of hydrogen-bond acceptors (Lipinski definition) is 5. The first-order valence-electron chi connectivity index (χ1n) is 11.2. The molecule has 0 aliphatic carbocycles. The number of nitrogens with zero attached hydrogens (tertiary/aromatic N) is 3. The molecule has 2 aliphatic heterocycles. The summed E-state index contributed by atoms with van der Waals surface area (Å²) >= 11 is 0. The van der Waals surface area contributed by atoms with Crippen LogP contribution >= 0.6 is 0 Å². The molecule has 2 aromatic carbocycles. The summed E-state index contributed by atoms with van der Waals surface area (Å²) in [6.45, 7) is 7.58. The summed E-state index contributed by atoms with van der Waals surface area (Å²) in [6, 6.07) is 14.4. The summed E-state index contributed by atoms with van der Waals surface area (Å²) in [5.41, 5.74) is 2.91. The molecule has 0 spiro atoms. The number of piperazine rings is 1. The third-order valence-electron chi connectivity index (χ3n) is 6.58. The van der Waals surface area contributed by atoms with E-state index in [9.17, 15) is 4.79 Å². The second-order valence-corrected chi connectivity index (χ2v) is 8.43. The number of para-hydroxylation sites is 2. The Bertz CT molecular complexity index is 909. The molecule has 31 heavy (non-hydrogen) atoms. The first-order valence-corrected chi connectivity index (χ1v) is 11.2. The molecule has 0 aromatic heterocycles. The van der Waals surface area contributed by atoms with Crippen LogP contribution in [0.5, 0.6) is 11.5 Å². The number of piperidine rings is 1. The summed E-state index contributed by atoms with van der Waals surface area (Å²) in [7, 11) is 3.39. The summed E-state index contributed by atoms with van der Waals surface area (Å²) in [6.07, 6.45) is 2.21. The highest BCUT2D eigenvalue weighted by Gasteiger charge is 2.31. The highest BCUT2D eigenvalue weighted by molar-refractivity contribution is 5.94. The molecule has 166 valence electrons. The molecule has 2 aromatic rings. The molecule has 0 N–H and O–H groups in total. The number of anilines is 1. The fourth-order valence-corrected chi connectivity index (χ4v) is 4.85. The van der Waals surface area contributed by atoms with Gasteiger partial charge in [-0.1, -0.05) is 12.1 Å². The maximum atomic E-state index is 13.1. The van der Waals surface area contributed by atoms with Crippen LogP contribution in [0.15, 0.2) is 42.5 Å². The number of benzene rings is 2. The van der Waals surface area contributed by atoms with Crippen LogP contribution in [-0.4, -0.2) is 75.2 Å². The Morgan fingerprint density at radius 1 is 0.935 bits per heavy atom. The average Bonchev–Trinajstić information content (AvgIpc) is 2.83. The zero-order valence-electron chi connectivity index (χ0n) is 18.8. The molecule has 2 fully saturated rings. The third kappa shape index (κ3) is 4.64. The normalized spacial score (nSPS) is 19.9. The number of carbonyl (C=O) groups excluding carboxylic acids is 1. The lowest BCUT2D eigenvalue weighted by molar-refractivity contribution is 0.0563. The Kier molecular flexibility index (Phi) is 6.66. The van der Waals surface area contributed by atoms with Crippen molar-refractivity contribution in [1.29, 1.82) is 0 Å². The molecular formula is C25H33N3O3. The van der Waals surface area contributed by atoms with Crippen LogP contribution < -0.4 is 14.4 Å². The van der Waals surface area contributed by atoms with E-state index in [0.717, 1.165) is 74.7 Å². The Morgan fingerprint density at radius 2 is 1.68 bits per heavy atom. The van der Waals surface area contributed by atoms with Crippen LogP contribution in [0.4, 0.5) is 5.69 Å². The maximum absolute atomic E-state index is 13.1. The number of rotatable bonds is 5. The first-order chi connectivity index (χ1) is 15.1. The number of ether oxygens (including phenoxy) is 2. The molecule has 2 saturated heterocycles. The predicted molar refractivity (Wildman–Crippen MR) is 123 cm³/mol. The molecule has 6 heteroatoms. The van der Waals surface area contributed by atoms with Gasteiger partial charge in [-0.3, -0.25) is 9.69 Å². The van der Waals surface area contributed by atoms with Gasteiger partial charge >= 0.3 is 0 Å². The maximum Gasteiger partial charge on any atom is 0.253 e. The molecule has 6 nitrogen and oxygen atoms in total. The second-order valence-electron chi connectivity index (χ2n) is 8.43. The van der Waals surface area contributed by atoms with E-state index in [4.69, 9.17) is 9.47 Å². The van der Waals surface area contributed by atoms with E-state index in [1.165, 1.54) is 5.69 Å². The number of likely N-dealkylation sites (tertiary alicyclic amines) is 1. The van der Waals surface area contributed by atoms with Crippen molar-refractivity contribution in [1.82, 2.24) is 9.80 Å². The van der Waals surface area contributed by atoms with Gasteiger partial charge in [0.2, 0.25) is 0 Å². The van der Waals surface area contributed by atoms with E-state index >= 15 is 0 Å². The van der Waals surface area contributed by atoms with Crippen LogP contribution in [0.2, 0.25) is 0 Å². The van der Waals surface area contributed by atoms with Crippen molar-refractivity contribution in [3.05, 3.63) is 53.6 Å². The Labute approximate surface area is 185 Å². The minimum absolute atomic E-state index is 0.128. The fourth-order valence-electron chi connectivity index (χ4n) is 4.85. The summed E-state index contributed by atoms with van der Waals surface area (Å²) < 4.78 is 10.9. The van der Waals surface area contributed by atoms with Crippen LogP contribution in [0, 0.1) is 6.92 Å². The van der Waals surface area contributed by atoms with Crippen LogP contribution in [0.25, 0.3) is 0 Å². The molecule has 1 amide bonds. The standard InChI is InChI=1S/C25H33N3O3/c1-19-17-20(10-11-23(19)30-2)25(29)28-12-6-7-21(18-28)26-13-15-27(16-14-26)22-8-4-5-9-24(22)31-3/h4-5,8-11,17,21H,6-7,12-16,18H2,1-3H3/t21-/m1/s1. The number of hydrogen-bond donors (Lipinski definition) is 0. The summed E-state index contributed by atoms with van der Waals surface area (Å²) in [5.74, 6) is 1.88. The molecule has 2 heterocycles. The lowest BCUT2D eigenvalue weighted by Gasteiger charge is -2.44. The molecule has 1 atom stereocenters. The Balaban J connectivity index is 1.37. The van der Waals surface area contributed by atoms with E-state index in [0.29, 0.717) is 6.04 Å². The van der Waals surface area contributed by atoms with Crippen molar-refractivity contribution < 1.29 is 14.3 Å². The van der Waals surface area contributed by atoms with Crippen LogP contribution in [0.3, 0.4) is 0 Å². The topological polar surface area (TPSA) is 45.2 Å². The van der Waals surface area contributed by atoms with E-state index in [1.807, 2.05) is 42.2 Å². The summed E-state index contributed by atoms with van der Waals surface area (Å²) in [4.78, 5) is 20.1. The Morgan fingerprint density at radius 3 is 2.39 bits per heavy atom. The lowest BCUT2D eigenvalue weighted by atomic mass is 10.0. The van der Waals surface area contributed by atoms with Gasteiger partial charge in [0.05, 0.1) is 19.9 Å². The molecule has 0 bridgehead atoms. The van der Waals surface area contributed by atoms with E-state index in [-0.39, 0.29) is 5.91 Å². The quantitative estimate of drug-likeness (QED) is 0.737. The zero-order valence-corrected chi connectivity index (χ0v) is 18.8. The van der Waals surface area contributed by atoms with Gasteiger partial charge in [-0.25, -0.2) is 0 Å². The Hall–Kier alpha value is -2.73. The predicted octanol–water partition coefficient (Wildman–Crippen LogP) is 3.44. The van der Waals surface area contributed by atoms with Crippen molar-refractivity contribution in [2.75, 3.05) is 58.4 Å². The molecular weight excluding hydrogens is 390 g/mol. The van der Waals surface area contributed by atoms with E-state index in [2.05, 4.69) is 21.9 Å². The van der Waals surface area contributed by atoms with E-state index in [1.54, 1.807) is 14.2 Å². The number of aryl methyl sites for hydroxylation is 1. The average molecular weight is 424 g/mol. The van der Waals surface area contributed by atoms with Gasteiger partial charge in [-0.15, -0.1) is 0 Å². The third-order valence-corrected chi connectivity index (χ3v) is 6.58. The fraction of sp³-hybridized carbons (Fsp3) is 0.480. The highest BCUT2D eigenvalue weighted by Crippen LogP contribution is 2.29. The lowest BCUT2D eigenvalue weighted by Crippen LogP contribution is -2.55. The van der Waals surface area contributed by atoms with Crippen LogP contribution in [-0.2, 0) is 0 Å². The SMILES string of the molecule is COc1ccc(C(=O)N2CCC[C@@H](N3CCN(c4ccccc4OC)CC3)C2)cc1C. The van der Waals surface area contributed by atoms with Gasteiger partial charge in [-0.05, 0) is 55.7 Å². The van der Waals surface area contributed by atoms with Gasteiger partial charge in [0, 0.05) is 50.9 Å². The van der Waals surface area contributed by atoms with Gasteiger partial charge in [0.15, 0.2) is 0 Å². The van der Waals surface area contributed by atoms with Crippen molar-refractivity contribution in [3.8, 4) is 11.5 Å². The minimum Gasteiger partial charge on any atom is -0.496 e. The van der Waals surface area contributed by atoms with E-state index < -0.39 is 0 Å². The molecule has 0 unspecified atom stereocenters. The van der Waals surface area contributed by atoms with Gasteiger partial charge in [0.1, 0.15) is 11.5 Å². The van der Waals surface area contributed by atoms with Crippen molar-refractivity contribution >= 4 is 11.6 Å². The minimum atomic E-state index is 0.128. The second kappa shape index (κ2) is 9.60. The molecule has 0 saturated carbocycles.